The normalized spacial score (nSPS) is 14.4. The fourth-order valence-electron chi connectivity index (χ4n) is 4.99. The van der Waals surface area contributed by atoms with E-state index in [9.17, 15) is 14.4 Å². The number of pyridine rings is 1. The second-order valence-corrected chi connectivity index (χ2v) is 11.6. The second kappa shape index (κ2) is 10.6. The number of ether oxygens (including phenoxy) is 1. The predicted molar refractivity (Wildman–Crippen MR) is 169 cm³/mol. The van der Waals surface area contributed by atoms with E-state index in [4.69, 9.17) is 17.0 Å². The molecule has 0 unspecified atom stereocenters. The van der Waals surface area contributed by atoms with Crippen molar-refractivity contribution in [2.24, 2.45) is 7.05 Å². The number of hydrogen-bond donors (Lipinski definition) is 0. The number of nitrogens with zero attached hydrogens (tertiary/aromatic N) is 5. The average molecular weight is 596 g/mol. The molecule has 0 radical (unpaired) electrons. The SMILES string of the molecule is Cc1cc(C)cc(Oc2nc3ccccn3c(=O)c2/C=C2/SC(=S)N(c3c(C)n(C)n(-c4ccccc4)c3=O)C2=O)c1. The number of thioether (sulfide) groups is 1. The molecule has 0 saturated carbocycles. The third-order valence-corrected chi connectivity index (χ3v) is 8.26. The smallest absolute Gasteiger partial charge is 0.296 e. The minimum atomic E-state index is -0.508. The van der Waals surface area contributed by atoms with E-state index in [-0.39, 0.29) is 31.9 Å². The van der Waals surface area contributed by atoms with Gasteiger partial charge in [0.2, 0.25) is 5.88 Å². The van der Waals surface area contributed by atoms with E-state index < -0.39 is 11.5 Å². The molecule has 0 N–H and O–H groups in total. The summed E-state index contributed by atoms with van der Waals surface area (Å²) >= 11 is 6.61. The Kier molecular flexibility index (Phi) is 6.91. The van der Waals surface area contributed by atoms with Gasteiger partial charge >= 0.3 is 0 Å². The largest absolute Gasteiger partial charge is 0.438 e. The van der Waals surface area contributed by atoms with Gasteiger partial charge in [0.1, 0.15) is 22.6 Å². The molecule has 0 atom stereocenters. The van der Waals surface area contributed by atoms with Gasteiger partial charge in [0.05, 0.1) is 16.3 Å². The van der Waals surface area contributed by atoms with Crippen LogP contribution in [-0.4, -0.2) is 29.0 Å². The molecule has 9 nitrogen and oxygen atoms in total. The van der Waals surface area contributed by atoms with Gasteiger partial charge in [0.15, 0.2) is 4.32 Å². The quantitative estimate of drug-likeness (QED) is 0.201. The fourth-order valence-corrected chi connectivity index (χ4v) is 6.24. The highest BCUT2D eigenvalue weighted by atomic mass is 32.2. The first-order chi connectivity index (χ1) is 20.1. The third-order valence-electron chi connectivity index (χ3n) is 6.96. The Morgan fingerprint density at radius 1 is 0.905 bits per heavy atom. The molecule has 1 aliphatic heterocycles. The van der Waals surface area contributed by atoms with Crippen LogP contribution in [0, 0.1) is 20.8 Å². The van der Waals surface area contributed by atoms with Gasteiger partial charge in [0.25, 0.3) is 17.0 Å². The molecule has 1 saturated heterocycles. The predicted octanol–water partition coefficient (Wildman–Crippen LogP) is 5.31. The van der Waals surface area contributed by atoms with Gasteiger partial charge in [-0.2, -0.15) is 4.98 Å². The lowest BCUT2D eigenvalue weighted by atomic mass is 10.1. The molecular formula is C31H25N5O4S2. The molecule has 3 aromatic heterocycles. The van der Waals surface area contributed by atoms with Crippen molar-refractivity contribution in [2.45, 2.75) is 20.8 Å². The molecule has 210 valence electrons. The molecule has 42 heavy (non-hydrogen) atoms. The second-order valence-electron chi connectivity index (χ2n) is 9.92. The summed E-state index contributed by atoms with van der Waals surface area (Å²) in [6, 6.07) is 20.1. The Balaban J connectivity index is 1.47. The van der Waals surface area contributed by atoms with Crippen molar-refractivity contribution in [1.29, 1.82) is 0 Å². The first kappa shape index (κ1) is 27.4. The monoisotopic (exact) mass is 595 g/mol. The minimum absolute atomic E-state index is 0.0591. The number of fused-ring (bicyclic) bond motifs is 1. The first-order valence-corrected chi connectivity index (χ1v) is 14.3. The lowest BCUT2D eigenvalue weighted by Gasteiger charge is -2.13. The number of thiocarbonyl (C=S) groups is 1. The molecule has 1 amide bonds. The summed E-state index contributed by atoms with van der Waals surface area (Å²) in [4.78, 5) is 47.2. The standard InChI is InChI=1S/C31H25N5O4S2/c1-18-14-19(2)16-22(15-18)40-27-23(28(37)34-13-9-8-12-25(34)32-27)17-24-29(38)35(31(41)42-24)26-20(3)33(4)36(30(26)39)21-10-6-5-7-11-21/h5-17H,1-4H3/b24-17+. The van der Waals surface area contributed by atoms with Gasteiger partial charge in [-0.1, -0.05) is 54.3 Å². The number of rotatable bonds is 5. The first-order valence-electron chi connectivity index (χ1n) is 13.0. The molecule has 1 aliphatic rings. The van der Waals surface area contributed by atoms with Crippen molar-refractivity contribution in [3.8, 4) is 17.3 Å². The van der Waals surface area contributed by atoms with Crippen LogP contribution in [0.5, 0.6) is 11.6 Å². The zero-order chi connectivity index (χ0) is 29.7. The van der Waals surface area contributed by atoms with Crippen LogP contribution in [0.15, 0.2) is 87.4 Å². The number of para-hydroxylation sites is 1. The molecule has 0 bridgehead atoms. The summed E-state index contributed by atoms with van der Waals surface area (Å²) in [5.41, 5.74) is 3.05. The number of anilines is 1. The number of benzene rings is 2. The van der Waals surface area contributed by atoms with Crippen molar-refractivity contribution in [2.75, 3.05) is 4.90 Å². The molecule has 6 rings (SSSR count). The van der Waals surface area contributed by atoms with E-state index in [0.717, 1.165) is 22.9 Å². The summed E-state index contributed by atoms with van der Waals surface area (Å²) < 4.78 is 10.9. The van der Waals surface area contributed by atoms with Crippen LogP contribution < -0.4 is 20.8 Å². The topological polar surface area (TPSA) is 90.8 Å². The average Bonchev–Trinajstić information content (AvgIpc) is 3.35. The number of amides is 1. The van der Waals surface area contributed by atoms with E-state index in [1.807, 2.05) is 62.4 Å². The Bertz CT molecular complexity index is 2060. The molecule has 11 heteroatoms. The molecule has 0 spiro atoms. The zero-order valence-corrected chi connectivity index (χ0v) is 24.8. The van der Waals surface area contributed by atoms with E-state index in [2.05, 4.69) is 4.98 Å². The molecular weight excluding hydrogens is 571 g/mol. The van der Waals surface area contributed by atoms with E-state index in [1.54, 1.807) is 43.0 Å². The highest BCUT2D eigenvalue weighted by Gasteiger charge is 2.38. The van der Waals surface area contributed by atoms with Gasteiger partial charge in [-0.05, 0) is 74.4 Å². The summed E-state index contributed by atoms with van der Waals surface area (Å²) in [7, 11) is 1.75. The Labute approximate surface area is 250 Å². The summed E-state index contributed by atoms with van der Waals surface area (Å²) in [5, 5.41) is 0. The highest BCUT2D eigenvalue weighted by molar-refractivity contribution is 8.27. The van der Waals surface area contributed by atoms with Crippen LogP contribution in [0.3, 0.4) is 0 Å². The molecule has 2 aromatic carbocycles. The van der Waals surface area contributed by atoms with E-state index in [0.29, 0.717) is 22.8 Å². The fraction of sp³-hybridized carbons (Fsp3) is 0.129. The number of hydrogen-bond acceptors (Lipinski definition) is 7. The number of carbonyl (C=O) groups is 1. The van der Waals surface area contributed by atoms with Crippen molar-refractivity contribution in [3.63, 3.8) is 0 Å². The van der Waals surface area contributed by atoms with Crippen molar-refractivity contribution >= 4 is 51.6 Å². The van der Waals surface area contributed by atoms with Gasteiger partial charge in [-0.15, -0.1) is 0 Å². The van der Waals surface area contributed by atoms with Crippen LogP contribution in [0.1, 0.15) is 22.4 Å². The molecule has 0 aliphatic carbocycles. The number of carbonyl (C=O) groups excluding carboxylic acids is 1. The van der Waals surface area contributed by atoms with Gasteiger partial charge in [-0.25, -0.2) is 4.68 Å². The maximum Gasteiger partial charge on any atom is 0.296 e. The lowest BCUT2D eigenvalue weighted by molar-refractivity contribution is -0.113. The van der Waals surface area contributed by atoms with Crippen LogP contribution >= 0.6 is 24.0 Å². The summed E-state index contributed by atoms with van der Waals surface area (Å²) in [5.74, 6) is 0.0676. The van der Waals surface area contributed by atoms with Gasteiger partial charge < -0.3 is 4.74 Å². The number of aryl methyl sites for hydroxylation is 2. The third kappa shape index (κ3) is 4.66. The molecule has 4 heterocycles. The minimum Gasteiger partial charge on any atom is -0.438 e. The highest BCUT2D eigenvalue weighted by Crippen LogP contribution is 2.37. The summed E-state index contributed by atoms with van der Waals surface area (Å²) in [6.45, 7) is 5.66. The Morgan fingerprint density at radius 2 is 1.60 bits per heavy atom. The summed E-state index contributed by atoms with van der Waals surface area (Å²) in [6.07, 6.45) is 3.05. The maximum atomic E-state index is 13.8. The lowest BCUT2D eigenvalue weighted by Crippen LogP contribution is -2.33. The van der Waals surface area contributed by atoms with Crippen LogP contribution in [-0.2, 0) is 11.8 Å². The van der Waals surface area contributed by atoms with E-state index in [1.165, 1.54) is 20.1 Å². The van der Waals surface area contributed by atoms with Gasteiger partial charge in [-0.3, -0.25) is 28.4 Å². The van der Waals surface area contributed by atoms with Crippen LogP contribution in [0.4, 0.5) is 5.69 Å². The Hall–Kier alpha value is -4.74. The zero-order valence-electron chi connectivity index (χ0n) is 23.2. The van der Waals surface area contributed by atoms with Crippen molar-refractivity contribution in [3.05, 3.63) is 121 Å². The number of aromatic nitrogens is 4. The maximum absolute atomic E-state index is 13.8. The van der Waals surface area contributed by atoms with Crippen LogP contribution in [0.2, 0.25) is 0 Å². The van der Waals surface area contributed by atoms with Crippen LogP contribution in [0.25, 0.3) is 17.4 Å². The molecule has 1 fully saturated rings. The van der Waals surface area contributed by atoms with E-state index >= 15 is 0 Å². The van der Waals surface area contributed by atoms with Crippen molar-refractivity contribution in [1.82, 2.24) is 18.7 Å². The molecule has 5 aromatic rings. The van der Waals surface area contributed by atoms with Crippen molar-refractivity contribution < 1.29 is 9.53 Å². The van der Waals surface area contributed by atoms with Gasteiger partial charge in [0, 0.05) is 13.2 Å². The Morgan fingerprint density at radius 3 is 2.31 bits per heavy atom.